The molecule has 1 aliphatic carbocycles. The summed E-state index contributed by atoms with van der Waals surface area (Å²) in [5.74, 6) is -1.61. The lowest BCUT2D eigenvalue weighted by Crippen LogP contribution is -2.39. The SMILES string of the molecule is CC1=C[C@@H](O)C2C(=O)OC(C)[C@H](C)/C=C\C(O)C(O)C(O)C/C=C/C2C1. The van der Waals surface area contributed by atoms with Crippen LogP contribution in [0.15, 0.2) is 36.0 Å². The van der Waals surface area contributed by atoms with E-state index in [-0.39, 0.29) is 18.3 Å². The lowest BCUT2D eigenvalue weighted by Gasteiger charge is -2.32. The molecule has 8 atom stereocenters. The Kier molecular flexibility index (Phi) is 7.17. The van der Waals surface area contributed by atoms with Gasteiger partial charge in [0, 0.05) is 5.92 Å². The molecule has 2 aliphatic rings. The first-order chi connectivity index (χ1) is 12.2. The first kappa shape index (κ1) is 20.8. The van der Waals surface area contributed by atoms with Gasteiger partial charge in [-0.15, -0.1) is 0 Å². The quantitative estimate of drug-likeness (QED) is 0.378. The summed E-state index contributed by atoms with van der Waals surface area (Å²) in [7, 11) is 0. The number of carbonyl (C=O) groups excluding carboxylic acids is 1. The van der Waals surface area contributed by atoms with E-state index in [2.05, 4.69) is 0 Å². The molecule has 0 spiro atoms. The van der Waals surface area contributed by atoms with E-state index < -0.39 is 42.4 Å². The number of hydrogen-bond donors (Lipinski definition) is 4. The maximum atomic E-state index is 12.7. The minimum Gasteiger partial charge on any atom is -0.462 e. The number of ether oxygens (including phenoxy) is 1. The zero-order valence-corrected chi connectivity index (χ0v) is 15.5. The van der Waals surface area contributed by atoms with Gasteiger partial charge in [-0.3, -0.25) is 4.79 Å². The summed E-state index contributed by atoms with van der Waals surface area (Å²) in [5.41, 5.74) is 0.984. The van der Waals surface area contributed by atoms with E-state index in [1.54, 1.807) is 31.2 Å². The maximum Gasteiger partial charge on any atom is 0.312 e. The van der Waals surface area contributed by atoms with Crippen LogP contribution in [0.5, 0.6) is 0 Å². The Labute approximate surface area is 154 Å². The van der Waals surface area contributed by atoms with Gasteiger partial charge in [-0.1, -0.05) is 42.9 Å². The normalized spacial score (nSPS) is 44.9. The average molecular weight is 366 g/mol. The average Bonchev–Trinajstić information content (AvgIpc) is 2.56. The maximum absolute atomic E-state index is 12.7. The van der Waals surface area contributed by atoms with Crippen LogP contribution < -0.4 is 0 Å². The summed E-state index contributed by atoms with van der Waals surface area (Å²) in [4.78, 5) is 12.7. The first-order valence-corrected chi connectivity index (χ1v) is 9.15. The second kappa shape index (κ2) is 8.95. The van der Waals surface area contributed by atoms with Crippen molar-refractivity contribution in [3.8, 4) is 0 Å². The van der Waals surface area contributed by atoms with Gasteiger partial charge in [-0.2, -0.15) is 0 Å². The third kappa shape index (κ3) is 5.04. The highest BCUT2D eigenvalue weighted by atomic mass is 16.5. The highest BCUT2D eigenvalue weighted by Crippen LogP contribution is 2.33. The van der Waals surface area contributed by atoms with Crippen molar-refractivity contribution in [3.63, 3.8) is 0 Å². The van der Waals surface area contributed by atoms with Crippen LogP contribution in [-0.2, 0) is 9.53 Å². The van der Waals surface area contributed by atoms with Crippen LogP contribution in [0.25, 0.3) is 0 Å². The first-order valence-electron chi connectivity index (χ1n) is 9.15. The van der Waals surface area contributed by atoms with E-state index in [0.29, 0.717) is 6.42 Å². The van der Waals surface area contributed by atoms with Crippen LogP contribution in [0.1, 0.15) is 33.6 Å². The van der Waals surface area contributed by atoms with E-state index in [0.717, 1.165) is 5.57 Å². The third-order valence-corrected chi connectivity index (χ3v) is 5.27. The Bertz CT molecular complexity index is 581. The van der Waals surface area contributed by atoms with Crippen molar-refractivity contribution in [3.05, 3.63) is 36.0 Å². The molecule has 0 aromatic heterocycles. The molecule has 146 valence electrons. The summed E-state index contributed by atoms with van der Waals surface area (Å²) in [6, 6.07) is 0. The molecule has 2 rings (SSSR count). The Morgan fingerprint density at radius 3 is 2.42 bits per heavy atom. The summed E-state index contributed by atoms with van der Waals surface area (Å²) in [6.07, 6.45) is 3.92. The lowest BCUT2D eigenvalue weighted by molar-refractivity contribution is -0.160. The molecule has 26 heavy (non-hydrogen) atoms. The Morgan fingerprint density at radius 1 is 1.04 bits per heavy atom. The van der Waals surface area contributed by atoms with Crippen LogP contribution >= 0.6 is 0 Å². The summed E-state index contributed by atoms with van der Waals surface area (Å²) < 4.78 is 5.56. The minimum absolute atomic E-state index is 0.134. The summed E-state index contributed by atoms with van der Waals surface area (Å²) in [6.45, 7) is 5.47. The highest BCUT2D eigenvalue weighted by molar-refractivity contribution is 5.75. The van der Waals surface area contributed by atoms with Crippen LogP contribution in [0, 0.1) is 17.8 Å². The molecule has 0 bridgehead atoms. The van der Waals surface area contributed by atoms with Gasteiger partial charge in [-0.25, -0.2) is 0 Å². The van der Waals surface area contributed by atoms with E-state index in [1.807, 2.05) is 13.8 Å². The molecule has 0 aromatic rings. The number of rotatable bonds is 0. The van der Waals surface area contributed by atoms with E-state index >= 15 is 0 Å². The van der Waals surface area contributed by atoms with Gasteiger partial charge in [0.1, 0.15) is 18.3 Å². The monoisotopic (exact) mass is 366 g/mol. The molecule has 4 N–H and O–H groups in total. The molecule has 6 unspecified atom stereocenters. The molecule has 0 radical (unpaired) electrons. The van der Waals surface area contributed by atoms with Gasteiger partial charge in [0.2, 0.25) is 0 Å². The fraction of sp³-hybridized carbons (Fsp3) is 0.650. The number of fused-ring (bicyclic) bond motifs is 1. The van der Waals surface area contributed by atoms with Gasteiger partial charge < -0.3 is 25.2 Å². The molecular weight excluding hydrogens is 336 g/mol. The van der Waals surface area contributed by atoms with Gasteiger partial charge in [0.25, 0.3) is 0 Å². The van der Waals surface area contributed by atoms with Crippen molar-refractivity contribution in [2.24, 2.45) is 17.8 Å². The van der Waals surface area contributed by atoms with Crippen molar-refractivity contribution in [2.75, 3.05) is 0 Å². The van der Waals surface area contributed by atoms with E-state index in [4.69, 9.17) is 4.74 Å². The van der Waals surface area contributed by atoms with Crippen LogP contribution in [0.2, 0.25) is 0 Å². The predicted octanol–water partition coefficient (Wildman–Crippen LogP) is 1.10. The highest BCUT2D eigenvalue weighted by Gasteiger charge is 2.38. The second-order valence-electron chi connectivity index (χ2n) is 7.50. The number of allylic oxidation sites excluding steroid dienone is 2. The van der Waals surface area contributed by atoms with Gasteiger partial charge >= 0.3 is 5.97 Å². The van der Waals surface area contributed by atoms with Crippen molar-refractivity contribution in [1.82, 2.24) is 0 Å². The van der Waals surface area contributed by atoms with Crippen molar-refractivity contribution < 1.29 is 30.0 Å². The molecule has 0 fully saturated rings. The molecule has 0 saturated carbocycles. The number of aliphatic hydroxyl groups excluding tert-OH is 4. The summed E-state index contributed by atoms with van der Waals surface area (Å²) >= 11 is 0. The molecule has 0 aromatic carbocycles. The zero-order chi connectivity index (χ0) is 19.4. The van der Waals surface area contributed by atoms with E-state index in [9.17, 15) is 25.2 Å². The molecule has 1 heterocycles. The standard InChI is InChI=1S/C20H30O6/c1-11-9-14-5-4-6-15(21)19(24)16(22)8-7-12(2)13(3)26-20(25)18(14)17(23)10-11/h4-5,7-8,10,12-19,21-24H,6,9H2,1-3H3/b5-4+,8-7-/t12-,13?,14?,15?,16?,17-,18?,19?/m1/s1. The van der Waals surface area contributed by atoms with Crippen LogP contribution in [0.4, 0.5) is 0 Å². The van der Waals surface area contributed by atoms with E-state index in [1.165, 1.54) is 6.08 Å². The molecule has 6 heteroatoms. The number of esters is 1. The Hall–Kier alpha value is -1.47. The fourth-order valence-electron chi connectivity index (χ4n) is 3.41. The number of aliphatic hydroxyl groups is 4. The van der Waals surface area contributed by atoms with Crippen LogP contribution in [0.3, 0.4) is 0 Å². The van der Waals surface area contributed by atoms with Crippen molar-refractivity contribution in [2.45, 2.75) is 64.1 Å². The topological polar surface area (TPSA) is 107 Å². The molecular formula is C20H30O6. The minimum atomic E-state index is -1.31. The zero-order valence-electron chi connectivity index (χ0n) is 15.5. The largest absolute Gasteiger partial charge is 0.462 e. The summed E-state index contributed by atoms with van der Waals surface area (Å²) in [5, 5.41) is 40.5. The molecule has 0 amide bonds. The number of cyclic esters (lactones) is 1. The Balaban J connectivity index is 2.31. The van der Waals surface area contributed by atoms with Crippen molar-refractivity contribution >= 4 is 5.97 Å². The smallest absolute Gasteiger partial charge is 0.312 e. The molecule has 6 nitrogen and oxygen atoms in total. The van der Waals surface area contributed by atoms with Gasteiger partial charge in [-0.05, 0) is 32.6 Å². The van der Waals surface area contributed by atoms with Crippen molar-refractivity contribution in [1.29, 1.82) is 0 Å². The Morgan fingerprint density at radius 2 is 1.73 bits per heavy atom. The van der Waals surface area contributed by atoms with Gasteiger partial charge in [0.05, 0.1) is 18.1 Å². The molecule has 1 aliphatic heterocycles. The lowest BCUT2D eigenvalue weighted by atomic mass is 9.77. The van der Waals surface area contributed by atoms with Crippen LogP contribution in [-0.4, -0.2) is 56.9 Å². The second-order valence-corrected chi connectivity index (χ2v) is 7.50. The number of carbonyl (C=O) groups is 1. The fourth-order valence-corrected chi connectivity index (χ4v) is 3.41. The van der Waals surface area contributed by atoms with Gasteiger partial charge in [0.15, 0.2) is 0 Å². The molecule has 0 saturated heterocycles. The third-order valence-electron chi connectivity index (χ3n) is 5.27. The number of hydrogen-bond acceptors (Lipinski definition) is 6. The predicted molar refractivity (Wildman–Crippen MR) is 97.0 cm³/mol.